The fourth-order valence-corrected chi connectivity index (χ4v) is 2.64. The summed E-state index contributed by atoms with van der Waals surface area (Å²) in [5, 5.41) is 6.83. The van der Waals surface area contributed by atoms with E-state index < -0.39 is 5.60 Å². The van der Waals surface area contributed by atoms with Gasteiger partial charge in [-0.1, -0.05) is 13.8 Å². The van der Waals surface area contributed by atoms with Crippen molar-refractivity contribution in [3.8, 4) is 0 Å². The Hall–Kier alpha value is -1.52. The molecule has 2 rings (SSSR count). The van der Waals surface area contributed by atoms with Crippen LogP contribution in [-0.4, -0.2) is 33.3 Å². The summed E-state index contributed by atoms with van der Waals surface area (Å²) in [6.07, 6.45) is 5.44. The highest BCUT2D eigenvalue weighted by Crippen LogP contribution is 2.39. The number of nitrogens with zero attached hydrogens (tertiary/aromatic N) is 2. The van der Waals surface area contributed by atoms with E-state index in [-0.39, 0.29) is 17.6 Å². The number of aromatic amines is 1. The molecule has 0 spiro atoms. The second-order valence-electron chi connectivity index (χ2n) is 7.36. The lowest BCUT2D eigenvalue weighted by atomic mass is 9.80. The number of carbonyl (C=O) groups excluding carboxylic acids is 1. The number of hydrogen-bond acceptors (Lipinski definition) is 3. The lowest BCUT2D eigenvalue weighted by Gasteiger charge is -2.43. The third kappa shape index (κ3) is 3.52. The Morgan fingerprint density at radius 3 is 2.75 bits per heavy atom. The first-order chi connectivity index (χ1) is 9.18. The Kier molecular flexibility index (Phi) is 3.80. The van der Waals surface area contributed by atoms with E-state index in [2.05, 4.69) is 24.0 Å². The number of carbonyl (C=O) groups is 1. The van der Waals surface area contributed by atoms with Gasteiger partial charge in [0.25, 0.3) is 0 Å². The van der Waals surface area contributed by atoms with Gasteiger partial charge in [-0.15, -0.1) is 0 Å². The summed E-state index contributed by atoms with van der Waals surface area (Å²) >= 11 is 0. The van der Waals surface area contributed by atoms with Crippen molar-refractivity contribution in [2.75, 3.05) is 6.54 Å². The molecular formula is C15H25N3O2. The highest BCUT2D eigenvalue weighted by Gasteiger charge is 2.38. The second-order valence-corrected chi connectivity index (χ2v) is 7.36. The molecule has 1 unspecified atom stereocenters. The number of aromatic nitrogens is 2. The molecule has 0 aliphatic carbocycles. The Morgan fingerprint density at radius 1 is 1.50 bits per heavy atom. The zero-order valence-electron chi connectivity index (χ0n) is 13.1. The number of rotatable bonds is 1. The van der Waals surface area contributed by atoms with Gasteiger partial charge in [-0.05, 0) is 39.0 Å². The SMILES string of the molecule is CC1(C)CCC(c2cn[nH]c2)N(C(=O)OC(C)(C)C)C1. The molecule has 1 fully saturated rings. The molecule has 112 valence electrons. The number of likely N-dealkylation sites (tertiary alicyclic amines) is 1. The zero-order valence-corrected chi connectivity index (χ0v) is 13.1. The van der Waals surface area contributed by atoms with Gasteiger partial charge in [-0.25, -0.2) is 4.79 Å². The minimum absolute atomic E-state index is 0.0524. The van der Waals surface area contributed by atoms with Crippen LogP contribution in [-0.2, 0) is 4.74 Å². The van der Waals surface area contributed by atoms with E-state index in [1.165, 1.54) is 0 Å². The number of nitrogens with one attached hydrogen (secondary N) is 1. The van der Waals surface area contributed by atoms with Crippen LogP contribution in [0.1, 0.15) is 59.1 Å². The van der Waals surface area contributed by atoms with Crippen LogP contribution in [0.2, 0.25) is 0 Å². The van der Waals surface area contributed by atoms with E-state index in [1.807, 2.05) is 31.9 Å². The lowest BCUT2D eigenvalue weighted by molar-refractivity contribution is -0.00793. The topological polar surface area (TPSA) is 58.2 Å². The summed E-state index contributed by atoms with van der Waals surface area (Å²) in [7, 11) is 0. The first-order valence-electron chi connectivity index (χ1n) is 7.16. The summed E-state index contributed by atoms with van der Waals surface area (Å²) < 4.78 is 5.56. The molecule has 2 heterocycles. The van der Waals surface area contributed by atoms with Crippen LogP contribution in [0, 0.1) is 5.41 Å². The van der Waals surface area contributed by atoms with E-state index >= 15 is 0 Å². The van der Waals surface area contributed by atoms with Gasteiger partial charge in [0.1, 0.15) is 5.60 Å². The average Bonchev–Trinajstić information content (AvgIpc) is 2.78. The van der Waals surface area contributed by atoms with Gasteiger partial charge < -0.3 is 9.64 Å². The molecule has 0 saturated carbocycles. The molecule has 1 saturated heterocycles. The molecule has 0 radical (unpaired) electrons. The van der Waals surface area contributed by atoms with Crippen molar-refractivity contribution in [2.45, 2.75) is 59.1 Å². The van der Waals surface area contributed by atoms with E-state index in [4.69, 9.17) is 4.74 Å². The minimum atomic E-state index is -0.473. The van der Waals surface area contributed by atoms with Crippen molar-refractivity contribution in [3.63, 3.8) is 0 Å². The van der Waals surface area contributed by atoms with Crippen LogP contribution >= 0.6 is 0 Å². The van der Waals surface area contributed by atoms with Gasteiger partial charge in [0.2, 0.25) is 0 Å². The van der Waals surface area contributed by atoms with Crippen molar-refractivity contribution >= 4 is 6.09 Å². The molecule has 1 aromatic rings. The molecule has 20 heavy (non-hydrogen) atoms. The van der Waals surface area contributed by atoms with Crippen LogP contribution in [0.3, 0.4) is 0 Å². The minimum Gasteiger partial charge on any atom is -0.444 e. The number of H-pyrrole nitrogens is 1. The highest BCUT2D eigenvalue weighted by molar-refractivity contribution is 5.69. The van der Waals surface area contributed by atoms with Crippen molar-refractivity contribution in [1.29, 1.82) is 0 Å². The maximum Gasteiger partial charge on any atom is 0.410 e. The van der Waals surface area contributed by atoms with Gasteiger partial charge in [0, 0.05) is 18.3 Å². The standard InChI is InChI=1S/C15H25N3O2/c1-14(2,3)20-13(19)18-10-15(4,5)7-6-12(18)11-8-16-17-9-11/h8-9,12H,6-7,10H2,1-5H3,(H,16,17). The van der Waals surface area contributed by atoms with Crippen LogP contribution in [0.5, 0.6) is 0 Å². The summed E-state index contributed by atoms with van der Waals surface area (Å²) in [6.45, 7) is 10.8. The Balaban J connectivity index is 2.20. The third-order valence-electron chi connectivity index (χ3n) is 3.60. The molecule has 1 atom stereocenters. The Labute approximate surface area is 120 Å². The van der Waals surface area contributed by atoms with Crippen molar-refractivity contribution in [3.05, 3.63) is 18.0 Å². The first kappa shape index (κ1) is 14.9. The highest BCUT2D eigenvalue weighted by atomic mass is 16.6. The number of piperidine rings is 1. The maximum absolute atomic E-state index is 12.5. The van der Waals surface area contributed by atoms with Crippen LogP contribution in [0.15, 0.2) is 12.4 Å². The van der Waals surface area contributed by atoms with Gasteiger partial charge in [0.15, 0.2) is 0 Å². The van der Waals surface area contributed by atoms with E-state index in [9.17, 15) is 4.79 Å². The molecule has 5 nitrogen and oxygen atoms in total. The molecule has 5 heteroatoms. The molecule has 0 bridgehead atoms. The smallest absolute Gasteiger partial charge is 0.410 e. The Morgan fingerprint density at radius 2 is 2.20 bits per heavy atom. The second kappa shape index (κ2) is 5.11. The molecule has 1 aromatic heterocycles. The predicted octanol–water partition coefficient (Wildman–Crippen LogP) is 3.51. The maximum atomic E-state index is 12.5. The molecule has 0 aromatic carbocycles. The van der Waals surface area contributed by atoms with Crippen LogP contribution in [0.4, 0.5) is 4.79 Å². The molecule has 1 aliphatic heterocycles. The summed E-state index contributed by atoms with van der Waals surface area (Å²) in [6, 6.07) is 0.0524. The van der Waals surface area contributed by atoms with Gasteiger partial charge >= 0.3 is 6.09 Å². The summed E-state index contributed by atoms with van der Waals surface area (Å²) in [5.74, 6) is 0. The Bertz CT molecular complexity index is 460. The zero-order chi connectivity index (χ0) is 15.0. The van der Waals surface area contributed by atoms with E-state index in [0.717, 1.165) is 18.4 Å². The van der Waals surface area contributed by atoms with Crippen LogP contribution < -0.4 is 0 Å². The van der Waals surface area contributed by atoms with Crippen molar-refractivity contribution in [1.82, 2.24) is 15.1 Å². The molecular weight excluding hydrogens is 254 g/mol. The fourth-order valence-electron chi connectivity index (χ4n) is 2.64. The molecule has 1 amide bonds. The van der Waals surface area contributed by atoms with Gasteiger partial charge in [-0.3, -0.25) is 5.10 Å². The van der Waals surface area contributed by atoms with Gasteiger partial charge in [0.05, 0.1) is 12.2 Å². The number of hydrogen-bond donors (Lipinski definition) is 1. The normalized spacial score (nSPS) is 22.6. The third-order valence-corrected chi connectivity index (χ3v) is 3.60. The van der Waals surface area contributed by atoms with Crippen molar-refractivity contribution < 1.29 is 9.53 Å². The van der Waals surface area contributed by atoms with E-state index in [0.29, 0.717) is 6.54 Å². The number of amides is 1. The monoisotopic (exact) mass is 279 g/mol. The van der Waals surface area contributed by atoms with Crippen LogP contribution in [0.25, 0.3) is 0 Å². The fraction of sp³-hybridized carbons (Fsp3) is 0.733. The summed E-state index contributed by atoms with van der Waals surface area (Å²) in [5.41, 5.74) is 0.697. The lowest BCUT2D eigenvalue weighted by Crippen LogP contribution is -2.47. The average molecular weight is 279 g/mol. The predicted molar refractivity (Wildman–Crippen MR) is 77.3 cm³/mol. The molecule has 1 aliphatic rings. The first-order valence-corrected chi connectivity index (χ1v) is 7.16. The summed E-state index contributed by atoms with van der Waals surface area (Å²) in [4.78, 5) is 14.3. The van der Waals surface area contributed by atoms with Crippen molar-refractivity contribution in [2.24, 2.45) is 5.41 Å². The largest absolute Gasteiger partial charge is 0.444 e. The quantitative estimate of drug-likeness (QED) is 0.855. The molecule has 1 N–H and O–H groups in total. The number of ether oxygens (including phenoxy) is 1. The van der Waals surface area contributed by atoms with Gasteiger partial charge in [-0.2, -0.15) is 5.10 Å². The van der Waals surface area contributed by atoms with E-state index in [1.54, 1.807) is 6.20 Å².